The van der Waals surface area contributed by atoms with Crippen molar-refractivity contribution in [3.05, 3.63) is 17.0 Å². The number of H-pyrrole nitrogens is 1. The summed E-state index contributed by atoms with van der Waals surface area (Å²) in [5, 5.41) is 10.7. The molecule has 116 valence electrons. The van der Waals surface area contributed by atoms with Gasteiger partial charge < -0.3 is 10.2 Å². The van der Waals surface area contributed by atoms with Gasteiger partial charge in [-0.1, -0.05) is 0 Å². The SMILES string of the molecule is CC(C1CC1)N(C(=O)c1n[nH]c2c1CNCC2)C1CC1.Cl. The number of hydrogen-bond acceptors (Lipinski definition) is 3. The monoisotopic (exact) mass is 310 g/mol. The summed E-state index contributed by atoms with van der Waals surface area (Å²) in [5.74, 6) is 0.862. The first-order chi connectivity index (χ1) is 9.75. The molecule has 0 aromatic carbocycles. The molecular weight excluding hydrogens is 288 g/mol. The third-order valence-corrected chi connectivity index (χ3v) is 4.93. The number of aromatic amines is 1. The summed E-state index contributed by atoms with van der Waals surface area (Å²) in [5.41, 5.74) is 2.89. The largest absolute Gasteiger partial charge is 0.331 e. The van der Waals surface area contributed by atoms with E-state index >= 15 is 0 Å². The molecule has 0 saturated heterocycles. The number of amides is 1. The average molecular weight is 311 g/mol. The van der Waals surface area contributed by atoms with Crippen molar-refractivity contribution >= 4 is 18.3 Å². The summed E-state index contributed by atoms with van der Waals surface area (Å²) in [6, 6.07) is 0.834. The third-order valence-electron chi connectivity index (χ3n) is 4.93. The second-order valence-electron chi connectivity index (χ2n) is 6.48. The molecule has 1 amide bonds. The van der Waals surface area contributed by atoms with Gasteiger partial charge in [0.2, 0.25) is 0 Å². The highest BCUT2D eigenvalue weighted by Crippen LogP contribution is 2.40. The summed E-state index contributed by atoms with van der Waals surface area (Å²) >= 11 is 0. The van der Waals surface area contributed by atoms with Crippen molar-refractivity contribution in [3.63, 3.8) is 0 Å². The third kappa shape index (κ3) is 2.69. The van der Waals surface area contributed by atoms with Crippen LogP contribution < -0.4 is 5.32 Å². The van der Waals surface area contributed by atoms with Gasteiger partial charge >= 0.3 is 0 Å². The first kappa shape index (κ1) is 14.9. The number of nitrogens with zero attached hydrogens (tertiary/aromatic N) is 2. The van der Waals surface area contributed by atoms with Gasteiger partial charge in [0.1, 0.15) is 0 Å². The van der Waals surface area contributed by atoms with Gasteiger partial charge in [-0.15, -0.1) is 12.4 Å². The van der Waals surface area contributed by atoms with Crippen molar-refractivity contribution in [2.45, 2.75) is 57.7 Å². The molecule has 2 aliphatic carbocycles. The number of hydrogen-bond donors (Lipinski definition) is 2. The van der Waals surface area contributed by atoms with Gasteiger partial charge in [0, 0.05) is 42.9 Å². The quantitative estimate of drug-likeness (QED) is 0.892. The molecule has 2 fully saturated rings. The van der Waals surface area contributed by atoms with Gasteiger partial charge in [-0.3, -0.25) is 9.89 Å². The number of nitrogens with one attached hydrogen (secondary N) is 2. The zero-order chi connectivity index (χ0) is 13.7. The van der Waals surface area contributed by atoms with E-state index in [1.165, 1.54) is 12.8 Å². The van der Waals surface area contributed by atoms with Crippen molar-refractivity contribution in [2.75, 3.05) is 6.54 Å². The van der Waals surface area contributed by atoms with Gasteiger partial charge in [-0.05, 0) is 38.5 Å². The molecule has 21 heavy (non-hydrogen) atoms. The minimum absolute atomic E-state index is 0. The highest BCUT2D eigenvalue weighted by Gasteiger charge is 2.43. The molecule has 4 rings (SSSR count). The molecule has 2 N–H and O–H groups in total. The Hall–Kier alpha value is -1.07. The Morgan fingerprint density at radius 3 is 2.76 bits per heavy atom. The van der Waals surface area contributed by atoms with E-state index in [2.05, 4.69) is 27.3 Å². The fourth-order valence-electron chi connectivity index (χ4n) is 3.37. The maximum atomic E-state index is 12.9. The summed E-state index contributed by atoms with van der Waals surface area (Å²) in [6.45, 7) is 3.95. The van der Waals surface area contributed by atoms with E-state index in [9.17, 15) is 4.79 Å². The van der Waals surface area contributed by atoms with Crippen LogP contribution in [0.1, 0.15) is 54.4 Å². The molecule has 1 aromatic heterocycles. The Morgan fingerprint density at radius 1 is 1.33 bits per heavy atom. The van der Waals surface area contributed by atoms with Crippen LogP contribution in [0.25, 0.3) is 0 Å². The van der Waals surface area contributed by atoms with Gasteiger partial charge in [0.15, 0.2) is 5.69 Å². The van der Waals surface area contributed by atoms with Gasteiger partial charge in [0.25, 0.3) is 5.91 Å². The second kappa shape index (κ2) is 5.61. The van der Waals surface area contributed by atoms with E-state index in [-0.39, 0.29) is 18.3 Å². The lowest BCUT2D eigenvalue weighted by Gasteiger charge is -2.29. The lowest BCUT2D eigenvalue weighted by atomic mass is 10.1. The average Bonchev–Trinajstić information content (AvgIpc) is 3.36. The van der Waals surface area contributed by atoms with E-state index in [0.717, 1.165) is 43.6 Å². The van der Waals surface area contributed by atoms with Crippen LogP contribution in [0, 0.1) is 5.92 Å². The topological polar surface area (TPSA) is 61.0 Å². The molecule has 3 aliphatic rings. The van der Waals surface area contributed by atoms with Gasteiger partial charge in [-0.25, -0.2) is 0 Å². The van der Waals surface area contributed by atoms with Crippen LogP contribution in [0.3, 0.4) is 0 Å². The predicted molar refractivity (Wildman–Crippen MR) is 82.6 cm³/mol. The van der Waals surface area contributed by atoms with Crippen molar-refractivity contribution in [3.8, 4) is 0 Å². The molecule has 2 saturated carbocycles. The van der Waals surface area contributed by atoms with E-state index < -0.39 is 0 Å². The fourth-order valence-corrected chi connectivity index (χ4v) is 3.37. The first-order valence-electron chi connectivity index (χ1n) is 7.85. The predicted octanol–water partition coefficient (Wildman–Crippen LogP) is 1.88. The zero-order valence-electron chi connectivity index (χ0n) is 12.4. The number of aromatic nitrogens is 2. The number of fused-ring (bicyclic) bond motifs is 1. The molecule has 1 unspecified atom stereocenters. The normalized spacial score (nSPS) is 22.1. The minimum atomic E-state index is 0. The van der Waals surface area contributed by atoms with E-state index in [0.29, 0.717) is 23.7 Å². The molecule has 6 heteroatoms. The lowest BCUT2D eigenvalue weighted by molar-refractivity contribution is 0.0646. The fraction of sp³-hybridized carbons (Fsp3) is 0.733. The van der Waals surface area contributed by atoms with Gasteiger partial charge in [0.05, 0.1) is 0 Å². The lowest BCUT2D eigenvalue weighted by Crippen LogP contribution is -2.42. The van der Waals surface area contributed by atoms with Crippen LogP contribution in [0.4, 0.5) is 0 Å². The molecule has 2 heterocycles. The number of carbonyl (C=O) groups excluding carboxylic acids is 1. The Kier molecular flexibility index (Phi) is 3.97. The highest BCUT2D eigenvalue weighted by molar-refractivity contribution is 5.94. The van der Waals surface area contributed by atoms with Crippen LogP contribution in [0.2, 0.25) is 0 Å². The Balaban J connectivity index is 0.00000132. The molecule has 0 spiro atoms. The maximum absolute atomic E-state index is 12.9. The Morgan fingerprint density at radius 2 is 2.10 bits per heavy atom. The summed E-state index contributed by atoms with van der Waals surface area (Å²) < 4.78 is 0. The molecular formula is C15H23ClN4O. The minimum Gasteiger partial charge on any atom is -0.331 e. The van der Waals surface area contributed by atoms with Crippen LogP contribution in [0.15, 0.2) is 0 Å². The summed E-state index contributed by atoms with van der Waals surface area (Å²) in [7, 11) is 0. The van der Waals surface area contributed by atoms with Crippen molar-refractivity contribution in [1.82, 2.24) is 20.4 Å². The number of rotatable bonds is 4. The Labute approximate surface area is 131 Å². The van der Waals surface area contributed by atoms with Crippen molar-refractivity contribution in [2.24, 2.45) is 5.92 Å². The zero-order valence-corrected chi connectivity index (χ0v) is 13.2. The van der Waals surface area contributed by atoms with Gasteiger partial charge in [-0.2, -0.15) is 5.10 Å². The number of carbonyl (C=O) groups is 1. The molecule has 1 aliphatic heterocycles. The molecule has 1 aromatic rings. The Bertz CT molecular complexity index is 536. The van der Waals surface area contributed by atoms with Crippen molar-refractivity contribution in [1.29, 1.82) is 0 Å². The second-order valence-corrected chi connectivity index (χ2v) is 6.48. The van der Waals surface area contributed by atoms with E-state index in [4.69, 9.17) is 0 Å². The van der Waals surface area contributed by atoms with Crippen LogP contribution >= 0.6 is 12.4 Å². The standard InChI is InChI=1S/C15H22N4O.ClH/c1-9(10-2-3-10)19(11-4-5-11)15(20)14-12-8-16-7-6-13(12)17-18-14;/h9-11,16H,2-8H2,1H3,(H,17,18);1H. The maximum Gasteiger partial charge on any atom is 0.275 e. The van der Waals surface area contributed by atoms with Crippen molar-refractivity contribution < 1.29 is 4.79 Å². The number of halogens is 1. The molecule has 0 bridgehead atoms. The van der Waals surface area contributed by atoms with Crippen LogP contribution in [-0.4, -0.2) is 39.6 Å². The van der Waals surface area contributed by atoms with Crippen LogP contribution in [0.5, 0.6) is 0 Å². The molecule has 0 radical (unpaired) electrons. The first-order valence-corrected chi connectivity index (χ1v) is 7.85. The summed E-state index contributed by atoms with van der Waals surface area (Å²) in [6.07, 6.45) is 5.81. The summed E-state index contributed by atoms with van der Waals surface area (Å²) in [4.78, 5) is 15.1. The smallest absolute Gasteiger partial charge is 0.275 e. The van der Waals surface area contributed by atoms with Crippen LogP contribution in [-0.2, 0) is 13.0 Å². The molecule has 5 nitrogen and oxygen atoms in total. The van der Waals surface area contributed by atoms with E-state index in [1.807, 2.05) is 0 Å². The molecule has 1 atom stereocenters. The highest BCUT2D eigenvalue weighted by atomic mass is 35.5. The van der Waals surface area contributed by atoms with E-state index in [1.54, 1.807) is 0 Å².